The summed E-state index contributed by atoms with van der Waals surface area (Å²) in [6, 6.07) is 1.22. The number of H-pyrrole nitrogens is 1. The molecule has 3 rings (SSSR count). The van der Waals surface area contributed by atoms with Gasteiger partial charge in [0, 0.05) is 12.6 Å². The van der Waals surface area contributed by atoms with Crippen LogP contribution in [0.1, 0.15) is 45.7 Å². The van der Waals surface area contributed by atoms with Crippen molar-refractivity contribution in [3.05, 3.63) is 38.1 Å². The second kappa shape index (κ2) is 5.84. The van der Waals surface area contributed by atoms with E-state index in [2.05, 4.69) is 15.2 Å². The minimum Gasteiger partial charge on any atom is -0.328 e. The highest BCUT2D eigenvalue weighted by molar-refractivity contribution is 7.14. The maximum Gasteiger partial charge on any atom is 0.283 e. The standard InChI is InChI=1S/C13H15N5O3S/c1-8-10(18(20)21)6-11(22-8)13(19)17-5-3-2-4-9(17)12-14-7-15-16-12/h6-7,9H,2-5H2,1H3,(H,14,15,16)/t9-/m1/s1. The van der Waals surface area contributed by atoms with Gasteiger partial charge >= 0.3 is 0 Å². The Bertz CT molecular complexity index is 697. The lowest BCUT2D eigenvalue weighted by atomic mass is 10.0. The number of aromatic amines is 1. The van der Waals surface area contributed by atoms with Gasteiger partial charge in [-0.25, -0.2) is 4.98 Å². The van der Waals surface area contributed by atoms with Gasteiger partial charge in [-0.2, -0.15) is 5.10 Å². The Morgan fingerprint density at radius 3 is 3.00 bits per heavy atom. The molecule has 8 nitrogen and oxygen atoms in total. The molecular formula is C13H15N5O3S. The zero-order valence-electron chi connectivity index (χ0n) is 12.0. The molecule has 2 aromatic rings. The first-order chi connectivity index (χ1) is 10.6. The van der Waals surface area contributed by atoms with Crippen LogP contribution in [-0.2, 0) is 0 Å². The molecule has 22 heavy (non-hydrogen) atoms. The lowest BCUT2D eigenvalue weighted by molar-refractivity contribution is -0.385. The van der Waals surface area contributed by atoms with Gasteiger partial charge < -0.3 is 4.90 Å². The predicted octanol–water partition coefficient (Wildman–Crippen LogP) is 2.45. The van der Waals surface area contributed by atoms with Gasteiger partial charge in [0.1, 0.15) is 12.2 Å². The number of nitro groups is 1. The van der Waals surface area contributed by atoms with Crippen molar-refractivity contribution in [1.29, 1.82) is 0 Å². The summed E-state index contributed by atoms with van der Waals surface area (Å²) >= 11 is 1.16. The van der Waals surface area contributed by atoms with Crippen molar-refractivity contribution in [2.45, 2.75) is 32.2 Å². The van der Waals surface area contributed by atoms with E-state index in [1.165, 1.54) is 12.4 Å². The normalized spacial score (nSPS) is 18.4. The number of carbonyl (C=O) groups excluding carboxylic acids is 1. The van der Waals surface area contributed by atoms with E-state index in [9.17, 15) is 14.9 Å². The quantitative estimate of drug-likeness (QED) is 0.690. The average Bonchev–Trinajstić information content (AvgIpc) is 3.15. The fourth-order valence-corrected chi connectivity index (χ4v) is 3.68. The highest BCUT2D eigenvalue weighted by Gasteiger charge is 2.32. The summed E-state index contributed by atoms with van der Waals surface area (Å²) in [7, 11) is 0. The number of nitrogens with zero attached hydrogens (tertiary/aromatic N) is 4. The smallest absolute Gasteiger partial charge is 0.283 e. The Labute approximate surface area is 130 Å². The highest BCUT2D eigenvalue weighted by Crippen LogP contribution is 2.34. The van der Waals surface area contributed by atoms with Crippen LogP contribution in [0.25, 0.3) is 0 Å². The van der Waals surface area contributed by atoms with E-state index < -0.39 is 4.92 Å². The third kappa shape index (κ3) is 2.59. The third-order valence-electron chi connectivity index (χ3n) is 3.81. The van der Waals surface area contributed by atoms with E-state index in [-0.39, 0.29) is 17.6 Å². The molecule has 0 aliphatic carbocycles. The number of carbonyl (C=O) groups is 1. The summed E-state index contributed by atoms with van der Waals surface area (Å²) in [4.78, 5) is 30.1. The van der Waals surface area contributed by atoms with Crippen LogP contribution in [0.5, 0.6) is 0 Å². The molecule has 1 atom stereocenters. The molecule has 9 heteroatoms. The number of nitrogens with one attached hydrogen (secondary N) is 1. The number of rotatable bonds is 3. The molecule has 0 unspecified atom stereocenters. The Morgan fingerprint density at radius 1 is 1.55 bits per heavy atom. The first-order valence-corrected chi connectivity index (χ1v) is 7.80. The molecule has 0 aromatic carbocycles. The second-order valence-electron chi connectivity index (χ2n) is 5.19. The number of thiophene rings is 1. The molecule has 0 spiro atoms. The topological polar surface area (TPSA) is 105 Å². The number of amides is 1. The summed E-state index contributed by atoms with van der Waals surface area (Å²) in [6.45, 7) is 2.28. The fourth-order valence-electron chi connectivity index (χ4n) is 2.74. The van der Waals surface area contributed by atoms with Crippen LogP contribution in [0.2, 0.25) is 0 Å². The van der Waals surface area contributed by atoms with Crippen molar-refractivity contribution >= 4 is 22.9 Å². The molecule has 116 valence electrons. The van der Waals surface area contributed by atoms with Crippen LogP contribution in [0, 0.1) is 17.0 Å². The summed E-state index contributed by atoms with van der Waals surface area (Å²) in [5.41, 5.74) is 0.00146. The van der Waals surface area contributed by atoms with Crippen LogP contribution in [0.3, 0.4) is 0 Å². The van der Waals surface area contributed by atoms with Crippen LogP contribution in [0.15, 0.2) is 12.4 Å². The fraction of sp³-hybridized carbons (Fsp3) is 0.462. The van der Waals surface area contributed by atoms with E-state index in [1.54, 1.807) is 11.8 Å². The molecule has 0 radical (unpaired) electrons. The zero-order chi connectivity index (χ0) is 15.7. The molecule has 1 amide bonds. The highest BCUT2D eigenvalue weighted by atomic mass is 32.1. The molecule has 2 aromatic heterocycles. The Morgan fingerprint density at radius 2 is 2.36 bits per heavy atom. The van der Waals surface area contributed by atoms with E-state index in [4.69, 9.17) is 0 Å². The number of aryl methyl sites for hydroxylation is 1. The summed E-state index contributed by atoms with van der Waals surface area (Å²) in [5, 5.41) is 17.6. The molecule has 1 N–H and O–H groups in total. The Hall–Kier alpha value is -2.29. The van der Waals surface area contributed by atoms with Gasteiger partial charge in [-0.05, 0) is 26.2 Å². The van der Waals surface area contributed by atoms with Gasteiger partial charge in [-0.3, -0.25) is 20.0 Å². The van der Waals surface area contributed by atoms with Gasteiger partial charge in [-0.15, -0.1) is 11.3 Å². The van der Waals surface area contributed by atoms with Crippen LogP contribution >= 0.6 is 11.3 Å². The zero-order valence-corrected chi connectivity index (χ0v) is 12.8. The molecule has 0 bridgehead atoms. The van der Waals surface area contributed by atoms with Crippen molar-refractivity contribution in [3.63, 3.8) is 0 Å². The van der Waals surface area contributed by atoms with Gasteiger partial charge in [0.05, 0.1) is 20.7 Å². The minimum absolute atomic E-state index is 0.00146. The van der Waals surface area contributed by atoms with E-state index >= 15 is 0 Å². The van der Waals surface area contributed by atoms with Crippen LogP contribution in [0.4, 0.5) is 5.69 Å². The molecule has 1 saturated heterocycles. The summed E-state index contributed by atoms with van der Waals surface area (Å²) in [5.74, 6) is 0.484. The summed E-state index contributed by atoms with van der Waals surface area (Å²) < 4.78 is 0. The van der Waals surface area contributed by atoms with Gasteiger partial charge in [-0.1, -0.05) is 0 Å². The largest absolute Gasteiger partial charge is 0.328 e. The minimum atomic E-state index is -0.452. The van der Waals surface area contributed by atoms with E-state index in [0.29, 0.717) is 22.1 Å². The first kappa shape index (κ1) is 14.6. The van der Waals surface area contributed by atoms with E-state index in [0.717, 1.165) is 30.6 Å². The Kier molecular flexibility index (Phi) is 3.88. The number of aromatic nitrogens is 3. The molecule has 1 aliphatic rings. The molecule has 1 fully saturated rings. The van der Waals surface area contributed by atoms with E-state index in [1.807, 2.05) is 0 Å². The predicted molar refractivity (Wildman–Crippen MR) is 79.7 cm³/mol. The molecule has 1 aliphatic heterocycles. The monoisotopic (exact) mass is 321 g/mol. The van der Waals surface area contributed by atoms with Gasteiger partial charge in [0.25, 0.3) is 11.6 Å². The van der Waals surface area contributed by atoms with Gasteiger partial charge in [0.15, 0.2) is 0 Å². The van der Waals surface area contributed by atoms with Crippen LogP contribution < -0.4 is 0 Å². The maximum atomic E-state index is 12.7. The number of likely N-dealkylation sites (tertiary alicyclic amines) is 1. The number of hydrogen-bond donors (Lipinski definition) is 1. The number of piperidine rings is 1. The summed E-state index contributed by atoms with van der Waals surface area (Å²) in [6.07, 6.45) is 4.17. The lowest BCUT2D eigenvalue weighted by Crippen LogP contribution is -2.38. The van der Waals surface area contributed by atoms with Crippen molar-refractivity contribution < 1.29 is 9.72 Å². The average molecular weight is 321 g/mol. The maximum absolute atomic E-state index is 12.7. The number of hydrogen-bond acceptors (Lipinski definition) is 6. The third-order valence-corrected chi connectivity index (χ3v) is 4.84. The van der Waals surface area contributed by atoms with Crippen molar-refractivity contribution in [1.82, 2.24) is 20.1 Å². The second-order valence-corrected chi connectivity index (χ2v) is 6.45. The van der Waals surface area contributed by atoms with Crippen molar-refractivity contribution in [2.75, 3.05) is 6.54 Å². The lowest BCUT2D eigenvalue weighted by Gasteiger charge is -2.33. The molecule has 0 saturated carbocycles. The molecular weight excluding hydrogens is 306 g/mol. The van der Waals surface area contributed by atoms with Crippen molar-refractivity contribution in [2.24, 2.45) is 0 Å². The SMILES string of the molecule is Cc1sc(C(=O)N2CCCC[C@@H]2c2ncn[nH]2)cc1[N+](=O)[O-]. The molecule has 3 heterocycles. The first-order valence-electron chi connectivity index (χ1n) is 6.99. The van der Waals surface area contributed by atoms with Gasteiger partial charge in [0.2, 0.25) is 0 Å². The Balaban J connectivity index is 1.89. The van der Waals surface area contributed by atoms with Crippen LogP contribution in [-0.4, -0.2) is 37.5 Å². The van der Waals surface area contributed by atoms with Crippen molar-refractivity contribution in [3.8, 4) is 0 Å².